The van der Waals surface area contributed by atoms with Crippen LogP contribution >= 0.6 is 24.0 Å². The second kappa shape index (κ2) is 10.7. The molecular formula is C20H28F2IN5O. The molecule has 1 aromatic heterocycles. The number of aliphatic imine (C=N–C) groups is 1. The molecule has 0 bridgehead atoms. The third-order valence-electron chi connectivity index (χ3n) is 4.69. The first-order valence-corrected chi connectivity index (χ1v) is 9.66. The molecular weight excluding hydrogens is 491 g/mol. The second-order valence-corrected chi connectivity index (χ2v) is 7.24. The first-order chi connectivity index (χ1) is 13.5. The Morgan fingerprint density at radius 2 is 2.14 bits per heavy atom. The standard InChI is InChI=1S/C20H27F2N5O.HI/c1-4-23-20(24-11-16-10-18(13(2)3)26-28-16)25-15-7-8-27(12-15)19-6-5-14(21)9-17(19)22;/h5-6,9-10,13,15H,4,7-8,11-12H2,1-3H3,(H2,23,24,25);1H. The van der Waals surface area contributed by atoms with Gasteiger partial charge in [-0.25, -0.2) is 13.8 Å². The highest BCUT2D eigenvalue weighted by atomic mass is 127. The van der Waals surface area contributed by atoms with Crippen LogP contribution < -0.4 is 15.5 Å². The molecule has 160 valence electrons. The third-order valence-corrected chi connectivity index (χ3v) is 4.69. The molecule has 2 aromatic rings. The van der Waals surface area contributed by atoms with Crippen LogP contribution in [0.5, 0.6) is 0 Å². The van der Waals surface area contributed by atoms with Crippen LogP contribution in [-0.2, 0) is 6.54 Å². The average Bonchev–Trinajstić information content (AvgIpc) is 3.29. The van der Waals surface area contributed by atoms with E-state index < -0.39 is 11.6 Å². The Hall–Kier alpha value is -1.91. The maximum atomic E-state index is 14.0. The quantitative estimate of drug-likeness (QED) is 0.343. The lowest BCUT2D eigenvalue weighted by molar-refractivity contribution is 0.376. The van der Waals surface area contributed by atoms with Crippen molar-refractivity contribution >= 4 is 35.6 Å². The van der Waals surface area contributed by atoms with E-state index in [1.807, 2.05) is 17.9 Å². The van der Waals surface area contributed by atoms with Crippen molar-refractivity contribution in [2.75, 3.05) is 24.5 Å². The smallest absolute Gasteiger partial charge is 0.191 e. The summed E-state index contributed by atoms with van der Waals surface area (Å²) in [7, 11) is 0. The van der Waals surface area contributed by atoms with E-state index in [2.05, 4.69) is 34.6 Å². The maximum Gasteiger partial charge on any atom is 0.191 e. The molecule has 3 rings (SSSR count). The first-order valence-electron chi connectivity index (χ1n) is 9.66. The molecule has 0 aliphatic carbocycles. The van der Waals surface area contributed by atoms with Gasteiger partial charge in [0.05, 0.1) is 11.4 Å². The Kier molecular flexibility index (Phi) is 8.66. The molecule has 1 saturated heterocycles. The van der Waals surface area contributed by atoms with Crippen molar-refractivity contribution in [2.45, 2.75) is 45.7 Å². The molecule has 1 unspecified atom stereocenters. The summed E-state index contributed by atoms with van der Waals surface area (Å²) < 4.78 is 32.5. The lowest BCUT2D eigenvalue weighted by atomic mass is 10.1. The highest BCUT2D eigenvalue weighted by Gasteiger charge is 2.25. The van der Waals surface area contributed by atoms with Gasteiger partial charge in [-0.1, -0.05) is 19.0 Å². The number of hydrogen-bond donors (Lipinski definition) is 2. The summed E-state index contributed by atoms with van der Waals surface area (Å²) in [4.78, 5) is 6.48. The number of halogens is 3. The topological polar surface area (TPSA) is 65.7 Å². The van der Waals surface area contributed by atoms with E-state index in [1.54, 1.807) is 0 Å². The molecule has 1 fully saturated rings. The van der Waals surface area contributed by atoms with E-state index in [9.17, 15) is 8.78 Å². The molecule has 29 heavy (non-hydrogen) atoms. The van der Waals surface area contributed by atoms with Crippen LogP contribution in [0.4, 0.5) is 14.5 Å². The van der Waals surface area contributed by atoms with Crippen LogP contribution in [0.25, 0.3) is 0 Å². The van der Waals surface area contributed by atoms with E-state index in [0.717, 1.165) is 24.7 Å². The number of nitrogens with one attached hydrogen (secondary N) is 2. The van der Waals surface area contributed by atoms with E-state index >= 15 is 0 Å². The fourth-order valence-corrected chi connectivity index (χ4v) is 3.18. The van der Waals surface area contributed by atoms with Crippen LogP contribution in [-0.4, -0.2) is 36.8 Å². The van der Waals surface area contributed by atoms with E-state index in [1.165, 1.54) is 12.1 Å². The highest BCUT2D eigenvalue weighted by molar-refractivity contribution is 14.0. The molecule has 1 aromatic carbocycles. The van der Waals surface area contributed by atoms with Gasteiger partial charge in [-0.15, -0.1) is 24.0 Å². The molecule has 6 nitrogen and oxygen atoms in total. The Morgan fingerprint density at radius 3 is 2.79 bits per heavy atom. The number of hydrogen-bond acceptors (Lipinski definition) is 4. The zero-order chi connectivity index (χ0) is 20.1. The zero-order valence-electron chi connectivity index (χ0n) is 16.9. The molecule has 0 radical (unpaired) electrons. The fraction of sp³-hybridized carbons (Fsp3) is 0.500. The second-order valence-electron chi connectivity index (χ2n) is 7.24. The normalized spacial score (nSPS) is 16.8. The molecule has 1 atom stereocenters. The minimum Gasteiger partial charge on any atom is -0.367 e. The number of nitrogens with zero attached hydrogens (tertiary/aromatic N) is 3. The van der Waals surface area contributed by atoms with Crippen LogP contribution in [0.15, 0.2) is 33.8 Å². The monoisotopic (exact) mass is 519 g/mol. The summed E-state index contributed by atoms with van der Waals surface area (Å²) in [6.45, 7) is 8.54. The Morgan fingerprint density at radius 1 is 1.34 bits per heavy atom. The molecule has 1 aliphatic heterocycles. The fourth-order valence-electron chi connectivity index (χ4n) is 3.18. The SMILES string of the molecule is CCNC(=NCc1cc(C(C)C)no1)NC1CCN(c2ccc(F)cc2F)C1.I. The molecule has 2 N–H and O–H groups in total. The minimum absolute atomic E-state index is 0. The lowest BCUT2D eigenvalue weighted by Gasteiger charge is -2.20. The summed E-state index contributed by atoms with van der Waals surface area (Å²) >= 11 is 0. The summed E-state index contributed by atoms with van der Waals surface area (Å²) in [6.07, 6.45) is 0.834. The molecule has 0 saturated carbocycles. The van der Waals surface area contributed by atoms with Crippen molar-refractivity contribution < 1.29 is 13.3 Å². The number of rotatable bonds is 6. The van der Waals surface area contributed by atoms with Gasteiger partial charge in [0.2, 0.25) is 0 Å². The van der Waals surface area contributed by atoms with Gasteiger partial charge in [0.1, 0.15) is 18.2 Å². The average molecular weight is 519 g/mol. The van der Waals surface area contributed by atoms with Crippen molar-refractivity contribution in [1.82, 2.24) is 15.8 Å². The van der Waals surface area contributed by atoms with Crippen molar-refractivity contribution in [2.24, 2.45) is 4.99 Å². The van der Waals surface area contributed by atoms with Gasteiger partial charge >= 0.3 is 0 Å². The number of aromatic nitrogens is 1. The van der Waals surface area contributed by atoms with Crippen molar-refractivity contribution in [1.29, 1.82) is 0 Å². The maximum absolute atomic E-state index is 14.0. The number of anilines is 1. The van der Waals surface area contributed by atoms with Gasteiger partial charge < -0.3 is 20.1 Å². The molecule has 9 heteroatoms. The Labute approximate surface area is 187 Å². The Bertz CT molecular complexity index is 827. The van der Waals surface area contributed by atoms with Crippen LogP contribution in [0, 0.1) is 11.6 Å². The van der Waals surface area contributed by atoms with Gasteiger partial charge in [-0.3, -0.25) is 0 Å². The van der Waals surface area contributed by atoms with Crippen molar-refractivity contribution in [3.05, 3.63) is 47.4 Å². The van der Waals surface area contributed by atoms with E-state index in [4.69, 9.17) is 4.52 Å². The van der Waals surface area contributed by atoms with Gasteiger partial charge in [0.25, 0.3) is 0 Å². The lowest BCUT2D eigenvalue weighted by Crippen LogP contribution is -2.44. The first kappa shape index (κ1) is 23.4. The predicted molar refractivity (Wildman–Crippen MR) is 121 cm³/mol. The van der Waals surface area contributed by atoms with Crippen molar-refractivity contribution in [3.63, 3.8) is 0 Å². The van der Waals surface area contributed by atoms with Gasteiger partial charge in [0, 0.05) is 37.8 Å². The highest BCUT2D eigenvalue weighted by Crippen LogP contribution is 2.24. The summed E-state index contributed by atoms with van der Waals surface area (Å²) in [6, 6.07) is 5.73. The number of guanidine groups is 1. The van der Waals surface area contributed by atoms with Crippen LogP contribution in [0.1, 0.15) is 44.6 Å². The molecule has 0 amide bonds. The van der Waals surface area contributed by atoms with E-state index in [0.29, 0.717) is 43.0 Å². The summed E-state index contributed by atoms with van der Waals surface area (Å²) in [5, 5.41) is 10.7. The summed E-state index contributed by atoms with van der Waals surface area (Å²) in [5.74, 6) is 0.597. The molecule has 1 aliphatic rings. The van der Waals surface area contributed by atoms with Crippen molar-refractivity contribution in [3.8, 4) is 0 Å². The Balaban J connectivity index is 0.00000300. The van der Waals surface area contributed by atoms with Crippen LogP contribution in [0.2, 0.25) is 0 Å². The predicted octanol–water partition coefficient (Wildman–Crippen LogP) is 4.03. The minimum atomic E-state index is -0.565. The van der Waals surface area contributed by atoms with Gasteiger partial charge in [0.15, 0.2) is 11.7 Å². The third kappa shape index (κ3) is 6.28. The molecule has 0 spiro atoms. The summed E-state index contributed by atoms with van der Waals surface area (Å²) in [5.41, 5.74) is 1.34. The van der Waals surface area contributed by atoms with E-state index in [-0.39, 0.29) is 30.0 Å². The number of benzene rings is 1. The molecule has 2 heterocycles. The van der Waals surface area contributed by atoms with Gasteiger partial charge in [-0.2, -0.15) is 0 Å². The largest absolute Gasteiger partial charge is 0.367 e. The van der Waals surface area contributed by atoms with Crippen LogP contribution in [0.3, 0.4) is 0 Å². The zero-order valence-corrected chi connectivity index (χ0v) is 19.2. The van der Waals surface area contributed by atoms with Gasteiger partial charge in [-0.05, 0) is 31.4 Å².